The Morgan fingerprint density at radius 2 is 1.97 bits per heavy atom. The average molecular weight is 423 g/mol. The van der Waals surface area contributed by atoms with Crippen LogP contribution >= 0.6 is 11.3 Å². The van der Waals surface area contributed by atoms with Gasteiger partial charge in [-0.25, -0.2) is 23.4 Å². The Bertz CT molecular complexity index is 1210. The zero-order valence-electron chi connectivity index (χ0n) is 16.1. The van der Waals surface area contributed by atoms with Gasteiger partial charge < -0.3 is 5.32 Å². The van der Waals surface area contributed by atoms with Crippen LogP contribution in [0.4, 0.5) is 4.39 Å². The van der Waals surface area contributed by atoms with E-state index in [9.17, 15) is 14.0 Å². The lowest BCUT2D eigenvalue weighted by Gasteiger charge is -2.05. The Morgan fingerprint density at radius 1 is 1.17 bits per heavy atom. The third-order valence-electron chi connectivity index (χ3n) is 4.42. The molecule has 0 atom stereocenters. The van der Waals surface area contributed by atoms with Crippen LogP contribution in [0, 0.1) is 12.7 Å². The van der Waals surface area contributed by atoms with Gasteiger partial charge in [0.1, 0.15) is 11.6 Å². The van der Waals surface area contributed by atoms with E-state index in [-0.39, 0.29) is 24.8 Å². The Morgan fingerprint density at radius 3 is 2.63 bits per heavy atom. The Hall–Kier alpha value is -3.59. The fourth-order valence-corrected chi connectivity index (χ4v) is 3.55. The number of halogens is 1. The second-order valence-electron chi connectivity index (χ2n) is 6.60. The quantitative estimate of drug-likeness (QED) is 0.517. The summed E-state index contributed by atoms with van der Waals surface area (Å²) in [6, 6.07) is 12.9. The van der Waals surface area contributed by atoms with Crippen LogP contribution in [0.15, 0.2) is 64.9 Å². The molecule has 0 fully saturated rings. The molecule has 3 heterocycles. The van der Waals surface area contributed by atoms with E-state index >= 15 is 0 Å². The van der Waals surface area contributed by atoms with Crippen molar-refractivity contribution in [2.45, 2.75) is 13.5 Å². The van der Waals surface area contributed by atoms with Crippen LogP contribution in [-0.2, 0) is 6.54 Å². The van der Waals surface area contributed by atoms with Crippen molar-refractivity contribution in [1.29, 1.82) is 0 Å². The summed E-state index contributed by atoms with van der Waals surface area (Å²) in [4.78, 5) is 30.1. The summed E-state index contributed by atoms with van der Waals surface area (Å²) >= 11 is 1.34. The lowest BCUT2D eigenvalue weighted by atomic mass is 10.2. The molecule has 7 nitrogen and oxygen atoms in total. The maximum atomic E-state index is 13.4. The number of carbonyl (C=O) groups excluding carboxylic acids is 1. The number of hydrogen-bond donors (Lipinski definition) is 1. The van der Waals surface area contributed by atoms with Crippen LogP contribution in [0.2, 0.25) is 0 Å². The van der Waals surface area contributed by atoms with E-state index in [0.29, 0.717) is 22.1 Å². The van der Waals surface area contributed by atoms with Gasteiger partial charge in [0, 0.05) is 18.3 Å². The van der Waals surface area contributed by atoms with Gasteiger partial charge >= 0.3 is 5.69 Å². The van der Waals surface area contributed by atoms with Gasteiger partial charge in [-0.05, 0) is 54.3 Å². The fraction of sp³-hybridized carbons (Fsp3) is 0.143. The van der Waals surface area contributed by atoms with E-state index < -0.39 is 5.69 Å². The number of aryl methyl sites for hydroxylation is 1. The van der Waals surface area contributed by atoms with Gasteiger partial charge in [0.2, 0.25) is 0 Å². The molecule has 0 spiro atoms. The first-order chi connectivity index (χ1) is 14.5. The molecule has 0 saturated heterocycles. The van der Waals surface area contributed by atoms with Crippen molar-refractivity contribution in [2.75, 3.05) is 6.54 Å². The minimum atomic E-state index is -0.393. The minimum absolute atomic E-state index is 0.184. The van der Waals surface area contributed by atoms with Crippen molar-refractivity contribution in [1.82, 2.24) is 24.6 Å². The molecule has 0 aliphatic heterocycles. The molecule has 9 heteroatoms. The second-order valence-corrected chi connectivity index (χ2v) is 7.55. The molecule has 152 valence electrons. The Kier molecular flexibility index (Phi) is 5.53. The molecule has 3 aromatic heterocycles. The third kappa shape index (κ3) is 4.06. The van der Waals surface area contributed by atoms with Gasteiger partial charge in [0.15, 0.2) is 5.82 Å². The third-order valence-corrected chi connectivity index (χ3v) is 5.29. The first kappa shape index (κ1) is 19.7. The molecule has 4 rings (SSSR count). The highest BCUT2D eigenvalue weighted by Crippen LogP contribution is 2.19. The van der Waals surface area contributed by atoms with Gasteiger partial charge in [0.25, 0.3) is 5.91 Å². The first-order valence-corrected chi connectivity index (χ1v) is 10.1. The molecule has 1 aromatic carbocycles. The maximum Gasteiger partial charge on any atom is 0.352 e. The zero-order valence-corrected chi connectivity index (χ0v) is 16.9. The molecule has 0 bridgehead atoms. The number of hydrogen-bond acceptors (Lipinski definition) is 5. The highest BCUT2D eigenvalue weighted by Gasteiger charge is 2.18. The number of aromatic nitrogens is 4. The van der Waals surface area contributed by atoms with E-state index in [1.165, 1.54) is 32.7 Å². The standard InChI is InChI=1S/C21H18FN5O2S/c1-14-4-9-18(24-13-14)27-19(15-5-7-16(22)8-6-15)25-26(21(27)29)11-10-23-20(28)17-3-2-12-30-17/h2-9,12-13H,10-11H2,1H3,(H,23,28). The number of thiophene rings is 1. The predicted octanol–water partition coefficient (Wildman–Crippen LogP) is 3.04. The van der Waals surface area contributed by atoms with Gasteiger partial charge in [0.05, 0.1) is 11.4 Å². The maximum absolute atomic E-state index is 13.4. The molecular weight excluding hydrogens is 405 g/mol. The highest BCUT2D eigenvalue weighted by atomic mass is 32.1. The lowest BCUT2D eigenvalue weighted by molar-refractivity contribution is 0.0956. The number of pyridine rings is 1. The fourth-order valence-electron chi connectivity index (χ4n) is 2.91. The van der Waals surface area contributed by atoms with Gasteiger partial charge in [-0.1, -0.05) is 12.1 Å². The predicted molar refractivity (Wildman–Crippen MR) is 112 cm³/mol. The molecule has 0 aliphatic carbocycles. The number of benzene rings is 1. The van der Waals surface area contributed by atoms with Crippen molar-refractivity contribution >= 4 is 17.2 Å². The van der Waals surface area contributed by atoms with E-state index in [1.807, 2.05) is 18.4 Å². The van der Waals surface area contributed by atoms with Gasteiger partial charge in [-0.15, -0.1) is 16.4 Å². The topological polar surface area (TPSA) is 81.8 Å². The summed E-state index contributed by atoms with van der Waals surface area (Å²) in [7, 11) is 0. The summed E-state index contributed by atoms with van der Waals surface area (Å²) in [5.41, 5.74) is 1.15. The second kappa shape index (κ2) is 8.42. The number of nitrogens with one attached hydrogen (secondary N) is 1. The summed E-state index contributed by atoms with van der Waals surface area (Å²) < 4.78 is 16.0. The summed E-state index contributed by atoms with van der Waals surface area (Å²) in [6.45, 7) is 2.32. The average Bonchev–Trinajstić information content (AvgIpc) is 3.38. The van der Waals surface area contributed by atoms with Crippen LogP contribution in [0.3, 0.4) is 0 Å². The number of carbonyl (C=O) groups is 1. The van der Waals surface area contributed by atoms with E-state index in [1.54, 1.807) is 36.5 Å². The van der Waals surface area contributed by atoms with Crippen molar-refractivity contribution in [3.8, 4) is 17.2 Å². The molecule has 4 aromatic rings. The highest BCUT2D eigenvalue weighted by molar-refractivity contribution is 7.12. The number of nitrogens with zero attached hydrogens (tertiary/aromatic N) is 4. The monoisotopic (exact) mass is 423 g/mol. The van der Waals surface area contributed by atoms with Crippen LogP contribution in [0.1, 0.15) is 15.2 Å². The van der Waals surface area contributed by atoms with Crippen LogP contribution in [0.5, 0.6) is 0 Å². The van der Waals surface area contributed by atoms with Crippen molar-refractivity contribution in [2.24, 2.45) is 0 Å². The van der Waals surface area contributed by atoms with E-state index in [2.05, 4.69) is 15.4 Å². The molecule has 30 heavy (non-hydrogen) atoms. The van der Waals surface area contributed by atoms with Crippen molar-refractivity contribution < 1.29 is 9.18 Å². The normalized spacial score (nSPS) is 10.9. The van der Waals surface area contributed by atoms with Crippen molar-refractivity contribution in [3.05, 3.63) is 86.8 Å². The van der Waals surface area contributed by atoms with Crippen molar-refractivity contribution in [3.63, 3.8) is 0 Å². The minimum Gasteiger partial charge on any atom is -0.349 e. The molecule has 0 radical (unpaired) electrons. The van der Waals surface area contributed by atoms with Gasteiger partial charge in [-0.3, -0.25) is 4.79 Å². The van der Waals surface area contributed by atoms with Gasteiger partial charge in [-0.2, -0.15) is 0 Å². The largest absolute Gasteiger partial charge is 0.352 e. The Balaban J connectivity index is 1.65. The van der Waals surface area contributed by atoms with E-state index in [4.69, 9.17) is 0 Å². The van der Waals surface area contributed by atoms with Crippen LogP contribution < -0.4 is 11.0 Å². The van der Waals surface area contributed by atoms with Crippen LogP contribution in [0.25, 0.3) is 17.2 Å². The summed E-state index contributed by atoms with van der Waals surface area (Å²) in [5.74, 6) is 0.188. The Labute approximate surface area is 175 Å². The molecule has 0 unspecified atom stereocenters. The molecule has 0 aliphatic rings. The summed E-state index contributed by atoms with van der Waals surface area (Å²) in [6.07, 6.45) is 1.66. The molecule has 1 N–H and O–H groups in total. The number of amides is 1. The summed E-state index contributed by atoms with van der Waals surface area (Å²) in [5, 5.41) is 9.03. The smallest absolute Gasteiger partial charge is 0.349 e. The molecule has 1 amide bonds. The SMILES string of the molecule is Cc1ccc(-n2c(-c3ccc(F)cc3)nn(CCNC(=O)c3cccs3)c2=O)nc1. The lowest BCUT2D eigenvalue weighted by Crippen LogP contribution is -2.31. The molecular formula is C21H18FN5O2S. The van der Waals surface area contributed by atoms with Crippen LogP contribution in [-0.4, -0.2) is 31.8 Å². The zero-order chi connectivity index (χ0) is 21.1. The number of rotatable bonds is 6. The molecule has 0 saturated carbocycles. The van der Waals surface area contributed by atoms with E-state index in [0.717, 1.165) is 5.56 Å². The first-order valence-electron chi connectivity index (χ1n) is 9.23.